The van der Waals surface area contributed by atoms with Crippen molar-refractivity contribution in [2.24, 2.45) is 0 Å². The molecule has 0 bridgehead atoms. The molecule has 0 amide bonds. The highest BCUT2D eigenvalue weighted by molar-refractivity contribution is 5.89. The number of rotatable bonds is 4. The summed E-state index contributed by atoms with van der Waals surface area (Å²) in [5, 5.41) is 0.823. The first kappa shape index (κ1) is 14.8. The van der Waals surface area contributed by atoms with E-state index in [2.05, 4.69) is 41.3 Å². The largest absolute Gasteiger partial charge is 0.383 e. The summed E-state index contributed by atoms with van der Waals surface area (Å²) in [6.07, 6.45) is 4.47. The Hall–Kier alpha value is -3.14. The third-order valence-electron chi connectivity index (χ3n) is 3.81. The molecule has 0 saturated carbocycles. The summed E-state index contributed by atoms with van der Waals surface area (Å²) >= 11 is 0. The Bertz CT molecular complexity index is 913. The Kier molecular flexibility index (Phi) is 3.81. The lowest BCUT2D eigenvalue weighted by Crippen LogP contribution is -2.01. The fraction of sp³-hybridized carbons (Fsp3) is 0.0526. The number of nitrogens with two attached hydrogens (primary N) is 2. The lowest BCUT2D eigenvalue weighted by molar-refractivity contribution is 1.19. The maximum atomic E-state index is 5.95. The molecule has 0 atom stereocenters. The molecule has 4 heteroatoms. The minimum absolute atomic E-state index is 0.193. The van der Waals surface area contributed by atoms with Crippen LogP contribution in [0.3, 0.4) is 0 Å². The monoisotopic (exact) mass is 302 g/mol. The number of aromatic nitrogens is 2. The zero-order valence-electron chi connectivity index (χ0n) is 12.8. The number of hydrogen-bond acceptors (Lipinski definition) is 4. The molecule has 2 aromatic carbocycles. The van der Waals surface area contributed by atoms with Gasteiger partial charge < -0.3 is 11.5 Å². The van der Waals surface area contributed by atoms with Crippen LogP contribution in [0.15, 0.2) is 49.6 Å². The van der Waals surface area contributed by atoms with Gasteiger partial charge in [0.2, 0.25) is 5.95 Å². The quantitative estimate of drug-likeness (QED) is 0.770. The highest BCUT2D eigenvalue weighted by atomic mass is 15.0. The number of fused-ring (bicyclic) bond motifs is 1. The molecular formula is C19H18N4. The molecule has 3 rings (SSSR count). The van der Waals surface area contributed by atoms with Gasteiger partial charge in [0.15, 0.2) is 0 Å². The molecule has 23 heavy (non-hydrogen) atoms. The molecule has 3 aromatic rings. The lowest BCUT2D eigenvalue weighted by atomic mass is 9.98. The van der Waals surface area contributed by atoms with Crippen molar-refractivity contribution in [3.05, 3.63) is 71.8 Å². The van der Waals surface area contributed by atoms with Crippen molar-refractivity contribution in [1.29, 1.82) is 0 Å². The van der Waals surface area contributed by atoms with Crippen LogP contribution in [0.1, 0.15) is 22.3 Å². The summed E-state index contributed by atoms with van der Waals surface area (Å²) in [5.41, 5.74) is 16.8. The van der Waals surface area contributed by atoms with E-state index >= 15 is 0 Å². The maximum absolute atomic E-state index is 5.95. The molecule has 0 fully saturated rings. The molecule has 0 aliphatic rings. The van der Waals surface area contributed by atoms with E-state index in [9.17, 15) is 0 Å². The van der Waals surface area contributed by atoms with Crippen LogP contribution < -0.4 is 11.5 Å². The maximum Gasteiger partial charge on any atom is 0.222 e. The predicted octanol–water partition coefficient (Wildman–Crippen LogP) is 3.67. The molecule has 0 aliphatic heterocycles. The fourth-order valence-corrected chi connectivity index (χ4v) is 2.66. The van der Waals surface area contributed by atoms with Crippen LogP contribution in [0.25, 0.3) is 23.1 Å². The SMILES string of the molecule is C=Cc1ccc(Cc2ccc3nc(N)nc(N)c3c2)cc1C=C. The van der Waals surface area contributed by atoms with Gasteiger partial charge in [0, 0.05) is 5.39 Å². The lowest BCUT2D eigenvalue weighted by Gasteiger charge is -2.08. The highest BCUT2D eigenvalue weighted by Gasteiger charge is 2.06. The van der Waals surface area contributed by atoms with Crippen LogP contribution in [0, 0.1) is 0 Å². The van der Waals surface area contributed by atoms with Gasteiger partial charge in [-0.25, -0.2) is 4.98 Å². The standard InChI is InChI=1S/C19H18N4/c1-3-14-7-5-12(10-15(14)4-2)9-13-6-8-17-16(11-13)18(20)23-19(21)22-17/h3-8,10-11H,1-2,9H2,(H4,20,21,22,23). The van der Waals surface area contributed by atoms with E-state index in [1.807, 2.05) is 30.4 Å². The van der Waals surface area contributed by atoms with Gasteiger partial charge in [-0.15, -0.1) is 0 Å². The molecule has 0 unspecified atom stereocenters. The Morgan fingerprint density at radius 1 is 0.870 bits per heavy atom. The third-order valence-corrected chi connectivity index (χ3v) is 3.81. The number of anilines is 2. The molecule has 1 heterocycles. The van der Waals surface area contributed by atoms with Gasteiger partial charge in [0.1, 0.15) is 5.82 Å². The van der Waals surface area contributed by atoms with Gasteiger partial charge in [-0.1, -0.05) is 49.6 Å². The minimum Gasteiger partial charge on any atom is -0.383 e. The number of nitrogen functional groups attached to an aromatic ring is 2. The Labute approximate surface area is 135 Å². The van der Waals surface area contributed by atoms with E-state index in [1.165, 1.54) is 5.56 Å². The normalized spacial score (nSPS) is 10.6. The summed E-state index contributed by atoms with van der Waals surface area (Å²) in [5.74, 6) is 0.599. The highest BCUT2D eigenvalue weighted by Crippen LogP contribution is 2.23. The zero-order chi connectivity index (χ0) is 16.4. The van der Waals surface area contributed by atoms with Crippen molar-refractivity contribution in [3.8, 4) is 0 Å². The molecular weight excluding hydrogens is 284 g/mol. The summed E-state index contributed by atoms with van der Waals surface area (Å²) in [6, 6.07) is 12.2. The van der Waals surface area contributed by atoms with Crippen molar-refractivity contribution in [1.82, 2.24) is 9.97 Å². The second kappa shape index (κ2) is 5.93. The van der Waals surface area contributed by atoms with E-state index in [1.54, 1.807) is 0 Å². The summed E-state index contributed by atoms with van der Waals surface area (Å²) < 4.78 is 0. The second-order valence-electron chi connectivity index (χ2n) is 5.37. The van der Waals surface area contributed by atoms with Gasteiger partial charge in [-0.05, 0) is 40.8 Å². The number of benzene rings is 2. The second-order valence-corrected chi connectivity index (χ2v) is 5.37. The number of hydrogen-bond donors (Lipinski definition) is 2. The van der Waals surface area contributed by atoms with Gasteiger partial charge in [0.05, 0.1) is 5.52 Å². The predicted molar refractivity (Wildman–Crippen MR) is 97.8 cm³/mol. The molecule has 1 aromatic heterocycles. The Morgan fingerprint density at radius 3 is 2.30 bits per heavy atom. The molecule has 0 spiro atoms. The first-order chi connectivity index (χ1) is 11.1. The van der Waals surface area contributed by atoms with Gasteiger partial charge >= 0.3 is 0 Å². The van der Waals surface area contributed by atoms with Gasteiger partial charge in [0.25, 0.3) is 0 Å². The Balaban J connectivity index is 1.98. The molecule has 4 nitrogen and oxygen atoms in total. The van der Waals surface area contributed by atoms with Crippen LogP contribution in [0.2, 0.25) is 0 Å². The topological polar surface area (TPSA) is 77.8 Å². The van der Waals surface area contributed by atoms with Crippen LogP contribution in [0.4, 0.5) is 11.8 Å². The molecule has 0 radical (unpaired) electrons. The van der Waals surface area contributed by atoms with Crippen LogP contribution >= 0.6 is 0 Å². The van der Waals surface area contributed by atoms with Crippen molar-refractivity contribution >= 4 is 34.8 Å². The number of nitrogens with zero attached hydrogens (tertiary/aromatic N) is 2. The summed E-state index contributed by atoms with van der Waals surface area (Å²) in [6.45, 7) is 7.67. The van der Waals surface area contributed by atoms with E-state index in [0.29, 0.717) is 5.82 Å². The molecule has 0 aliphatic carbocycles. The van der Waals surface area contributed by atoms with Crippen LogP contribution in [-0.2, 0) is 6.42 Å². The summed E-state index contributed by atoms with van der Waals surface area (Å²) in [7, 11) is 0. The Morgan fingerprint density at radius 2 is 1.57 bits per heavy atom. The van der Waals surface area contributed by atoms with Crippen LogP contribution in [-0.4, -0.2) is 9.97 Å². The van der Waals surface area contributed by atoms with Gasteiger partial charge in [-0.3, -0.25) is 0 Å². The average molecular weight is 302 g/mol. The van der Waals surface area contributed by atoms with Crippen LogP contribution in [0.5, 0.6) is 0 Å². The fourth-order valence-electron chi connectivity index (χ4n) is 2.66. The van der Waals surface area contributed by atoms with E-state index < -0.39 is 0 Å². The molecule has 0 saturated heterocycles. The molecule has 4 N–H and O–H groups in total. The average Bonchev–Trinajstić information content (AvgIpc) is 2.55. The van der Waals surface area contributed by atoms with Crippen molar-refractivity contribution in [2.75, 3.05) is 11.5 Å². The zero-order valence-corrected chi connectivity index (χ0v) is 12.8. The van der Waals surface area contributed by atoms with Crippen molar-refractivity contribution in [2.45, 2.75) is 6.42 Å². The van der Waals surface area contributed by atoms with Gasteiger partial charge in [-0.2, -0.15) is 4.98 Å². The minimum atomic E-state index is 0.193. The van der Waals surface area contributed by atoms with E-state index in [4.69, 9.17) is 11.5 Å². The van der Waals surface area contributed by atoms with E-state index in [-0.39, 0.29) is 5.95 Å². The van der Waals surface area contributed by atoms with Crippen molar-refractivity contribution in [3.63, 3.8) is 0 Å². The smallest absolute Gasteiger partial charge is 0.222 e. The first-order valence-electron chi connectivity index (χ1n) is 7.30. The van der Waals surface area contributed by atoms with E-state index in [0.717, 1.165) is 34.0 Å². The first-order valence-corrected chi connectivity index (χ1v) is 7.30. The third kappa shape index (κ3) is 2.92. The summed E-state index contributed by atoms with van der Waals surface area (Å²) in [4.78, 5) is 8.22. The molecule has 114 valence electrons. The van der Waals surface area contributed by atoms with Crippen molar-refractivity contribution < 1.29 is 0 Å².